The molecule has 0 heterocycles. The normalized spacial score (nSPS) is 13.7. The molecule has 7 heteroatoms. The van der Waals surface area contributed by atoms with Crippen molar-refractivity contribution in [1.82, 2.24) is 0 Å². The number of ether oxygens (including phenoxy) is 1. The molecule has 1 aliphatic rings. The number of allylic oxidation sites excluding steroid dienone is 2. The number of hydrogen-bond donors (Lipinski definition) is 2. The first kappa shape index (κ1) is 19.4. The van der Waals surface area contributed by atoms with Crippen molar-refractivity contribution in [3.05, 3.63) is 75.8 Å². The second kappa shape index (κ2) is 7.69. The second-order valence-corrected chi connectivity index (χ2v) is 6.37. The van der Waals surface area contributed by atoms with E-state index in [2.05, 4.69) is 0 Å². The van der Waals surface area contributed by atoms with Crippen LogP contribution in [-0.4, -0.2) is 12.2 Å². The zero-order valence-electron chi connectivity index (χ0n) is 15.0. The molecule has 1 fully saturated rings. The summed E-state index contributed by atoms with van der Waals surface area (Å²) in [6.45, 7) is 0. The molecule has 4 nitrogen and oxygen atoms in total. The number of anilines is 1. The zero-order valence-corrected chi connectivity index (χ0v) is 15.0. The Bertz CT molecular complexity index is 1050. The third kappa shape index (κ3) is 3.41. The van der Waals surface area contributed by atoms with E-state index in [0.29, 0.717) is 12.8 Å². The van der Waals surface area contributed by atoms with Crippen molar-refractivity contribution in [2.75, 3.05) is 12.8 Å². The lowest BCUT2D eigenvalue weighted by atomic mass is 9.88. The van der Waals surface area contributed by atoms with Gasteiger partial charge in [0.1, 0.15) is 23.5 Å². The van der Waals surface area contributed by atoms with E-state index >= 15 is 4.39 Å². The first-order valence-electron chi connectivity index (χ1n) is 8.52. The summed E-state index contributed by atoms with van der Waals surface area (Å²) in [5.74, 6) is -3.30. The maximum absolute atomic E-state index is 15.1. The Kier molecular flexibility index (Phi) is 5.32. The minimum Gasteiger partial charge on any atom is -0.508 e. The van der Waals surface area contributed by atoms with Gasteiger partial charge in [-0.05, 0) is 55.2 Å². The third-order valence-corrected chi connectivity index (χ3v) is 4.67. The molecule has 0 aromatic heterocycles. The number of nitrogens with two attached hydrogens (primary N) is 1. The van der Waals surface area contributed by atoms with Gasteiger partial charge in [-0.15, -0.1) is 0 Å². The van der Waals surface area contributed by atoms with Crippen molar-refractivity contribution in [2.24, 2.45) is 0 Å². The molecule has 0 aliphatic heterocycles. The summed E-state index contributed by atoms with van der Waals surface area (Å²) in [5.41, 5.74) is 5.79. The predicted octanol–water partition coefficient (Wildman–Crippen LogP) is 4.99. The van der Waals surface area contributed by atoms with E-state index in [1.807, 2.05) is 0 Å². The molecule has 1 aliphatic carbocycles. The number of hydrogen-bond acceptors (Lipinski definition) is 4. The fourth-order valence-electron chi connectivity index (χ4n) is 3.04. The predicted molar refractivity (Wildman–Crippen MR) is 99.0 cm³/mol. The highest BCUT2D eigenvalue weighted by molar-refractivity contribution is 5.88. The number of halogens is 3. The van der Waals surface area contributed by atoms with E-state index in [0.717, 1.165) is 37.3 Å². The van der Waals surface area contributed by atoms with Crippen molar-refractivity contribution >= 4 is 11.3 Å². The summed E-state index contributed by atoms with van der Waals surface area (Å²) in [7, 11) is 1.16. The summed E-state index contributed by atoms with van der Waals surface area (Å²) in [6.07, 6.45) is 3.48. The van der Waals surface area contributed by atoms with Gasteiger partial charge in [0.05, 0.1) is 18.2 Å². The van der Waals surface area contributed by atoms with Crippen LogP contribution >= 0.6 is 0 Å². The van der Waals surface area contributed by atoms with Crippen LogP contribution in [0.4, 0.5) is 18.9 Å². The SMILES string of the molecule is COc1c(C#N)cc(F)c(/C(=C\C(O)=C2CCC2)c2ccc(F)cc2N)c1F. The van der Waals surface area contributed by atoms with Crippen LogP contribution in [0, 0.1) is 28.8 Å². The van der Waals surface area contributed by atoms with Gasteiger partial charge in [0.15, 0.2) is 11.6 Å². The van der Waals surface area contributed by atoms with E-state index in [-0.39, 0.29) is 28.1 Å². The summed E-state index contributed by atoms with van der Waals surface area (Å²) in [4.78, 5) is 0. The van der Waals surface area contributed by atoms with E-state index in [9.17, 15) is 13.9 Å². The minimum atomic E-state index is -1.11. The molecular weight excluding hydrogens is 369 g/mol. The number of benzene rings is 2. The number of methoxy groups -OCH3 is 1. The van der Waals surface area contributed by atoms with E-state index in [1.54, 1.807) is 6.07 Å². The van der Waals surface area contributed by atoms with Gasteiger partial charge in [-0.25, -0.2) is 13.2 Å². The van der Waals surface area contributed by atoms with Crippen molar-refractivity contribution in [2.45, 2.75) is 19.3 Å². The van der Waals surface area contributed by atoms with Crippen LogP contribution < -0.4 is 10.5 Å². The lowest BCUT2D eigenvalue weighted by Crippen LogP contribution is -2.06. The average molecular weight is 386 g/mol. The van der Waals surface area contributed by atoms with Gasteiger partial charge in [0.2, 0.25) is 0 Å². The molecule has 0 bridgehead atoms. The molecule has 2 aromatic rings. The molecule has 3 N–H and O–H groups in total. The Labute approximate surface area is 160 Å². The van der Waals surface area contributed by atoms with Crippen molar-refractivity contribution < 1.29 is 23.0 Å². The van der Waals surface area contributed by atoms with Gasteiger partial charge in [-0.3, -0.25) is 0 Å². The zero-order chi connectivity index (χ0) is 20.4. The van der Waals surface area contributed by atoms with Crippen molar-refractivity contribution in [3.63, 3.8) is 0 Å². The Hall–Kier alpha value is -3.40. The first-order chi connectivity index (χ1) is 13.4. The molecule has 0 radical (unpaired) electrons. The average Bonchev–Trinajstić information content (AvgIpc) is 2.59. The summed E-state index contributed by atoms with van der Waals surface area (Å²) in [6, 6.07) is 5.92. The van der Waals surface area contributed by atoms with E-state index in [4.69, 9.17) is 15.7 Å². The molecular formula is C21H17F3N2O2. The molecule has 0 spiro atoms. The quantitative estimate of drug-likeness (QED) is 0.573. The molecule has 3 rings (SSSR count). The maximum atomic E-state index is 15.1. The van der Waals surface area contributed by atoms with Gasteiger partial charge in [0, 0.05) is 16.8 Å². The highest BCUT2D eigenvalue weighted by Gasteiger charge is 2.25. The first-order valence-corrected chi connectivity index (χ1v) is 8.52. The molecule has 0 atom stereocenters. The Morgan fingerprint density at radius 2 is 1.96 bits per heavy atom. The van der Waals surface area contributed by atoms with Gasteiger partial charge in [0.25, 0.3) is 0 Å². The van der Waals surface area contributed by atoms with Crippen LogP contribution in [0.25, 0.3) is 5.57 Å². The minimum absolute atomic E-state index is 0.0558. The number of aliphatic hydroxyl groups excluding tert-OH is 1. The molecule has 0 unspecified atom stereocenters. The second-order valence-electron chi connectivity index (χ2n) is 6.37. The fraction of sp³-hybridized carbons (Fsp3) is 0.190. The van der Waals surface area contributed by atoms with E-state index < -0.39 is 28.8 Å². The van der Waals surface area contributed by atoms with Crippen LogP contribution in [-0.2, 0) is 0 Å². The lowest BCUT2D eigenvalue weighted by molar-refractivity contribution is 0.381. The molecule has 0 saturated heterocycles. The van der Waals surface area contributed by atoms with Gasteiger partial charge in [-0.1, -0.05) is 0 Å². The standard InChI is InChI=1S/C21H17F3N2O2/c1-28-21-12(10-25)7-16(23)19(20(21)24)15(9-18(27)11-3-2-4-11)14-6-5-13(22)8-17(14)26/h5-9,27H,2-4,26H2,1H3/b15-9-. The van der Waals surface area contributed by atoms with Gasteiger partial charge in [-0.2, -0.15) is 5.26 Å². The number of rotatable bonds is 4. The Morgan fingerprint density at radius 1 is 1.25 bits per heavy atom. The smallest absolute Gasteiger partial charge is 0.177 e. The summed E-state index contributed by atoms with van der Waals surface area (Å²) < 4.78 is 48.3. The Morgan fingerprint density at radius 3 is 2.50 bits per heavy atom. The molecule has 1 saturated carbocycles. The largest absolute Gasteiger partial charge is 0.508 e. The van der Waals surface area contributed by atoms with E-state index in [1.165, 1.54) is 12.1 Å². The molecule has 2 aromatic carbocycles. The monoisotopic (exact) mass is 386 g/mol. The highest BCUT2D eigenvalue weighted by Crippen LogP contribution is 2.38. The Balaban J connectivity index is 2.32. The van der Waals surface area contributed by atoms with Crippen molar-refractivity contribution in [1.29, 1.82) is 5.26 Å². The lowest BCUT2D eigenvalue weighted by Gasteiger charge is -2.19. The topological polar surface area (TPSA) is 79.3 Å². The fourth-order valence-corrected chi connectivity index (χ4v) is 3.04. The number of nitrogens with zero attached hydrogens (tertiary/aromatic N) is 1. The van der Waals surface area contributed by atoms with Crippen LogP contribution in [0.1, 0.15) is 36.0 Å². The highest BCUT2D eigenvalue weighted by atomic mass is 19.1. The molecule has 144 valence electrons. The molecule has 28 heavy (non-hydrogen) atoms. The summed E-state index contributed by atoms with van der Waals surface area (Å²) in [5, 5.41) is 19.5. The number of nitriles is 1. The maximum Gasteiger partial charge on any atom is 0.177 e. The van der Waals surface area contributed by atoms with Crippen LogP contribution in [0.5, 0.6) is 5.75 Å². The van der Waals surface area contributed by atoms with Crippen LogP contribution in [0.15, 0.2) is 41.7 Å². The molecule has 0 amide bonds. The van der Waals surface area contributed by atoms with Gasteiger partial charge >= 0.3 is 0 Å². The van der Waals surface area contributed by atoms with Crippen LogP contribution in [0.3, 0.4) is 0 Å². The number of nitrogen functional groups attached to an aromatic ring is 1. The summed E-state index contributed by atoms with van der Waals surface area (Å²) >= 11 is 0. The van der Waals surface area contributed by atoms with Crippen molar-refractivity contribution in [3.8, 4) is 11.8 Å². The third-order valence-electron chi connectivity index (χ3n) is 4.67. The van der Waals surface area contributed by atoms with Crippen LogP contribution in [0.2, 0.25) is 0 Å². The van der Waals surface area contributed by atoms with Gasteiger partial charge < -0.3 is 15.6 Å². The number of aliphatic hydroxyl groups is 1.